The molecule has 6 atom stereocenters. The zero-order valence-corrected chi connectivity index (χ0v) is 15.3. The first-order chi connectivity index (χ1) is 12.2. The summed E-state index contributed by atoms with van der Waals surface area (Å²) < 4.78 is 52.8. The number of rotatable bonds is 3. The van der Waals surface area contributed by atoms with Crippen LogP contribution in [0.15, 0.2) is 11.3 Å². The minimum absolute atomic E-state index is 0.0296. The molecule has 4 heterocycles. The van der Waals surface area contributed by atoms with Gasteiger partial charge >= 0.3 is 6.18 Å². The van der Waals surface area contributed by atoms with E-state index in [2.05, 4.69) is 12.2 Å². The van der Waals surface area contributed by atoms with Crippen molar-refractivity contribution < 1.29 is 32.4 Å². The third-order valence-corrected chi connectivity index (χ3v) is 6.48. The molecule has 2 unspecified atom stereocenters. The second-order valence-electron chi connectivity index (χ2n) is 8.11. The molecule has 5 nitrogen and oxygen atoms in total. The summed E-state index contributed by atoms with van der Waals surface area (Å²) in [5.74, 6) is -2.11. The molecule has 0 aromatic heterocycles. The van der Waals surface area contributed by atoms with Crippen LogP contribution in [0.4, 0.5) is 13.2 Å². The van der Waals surface area contributed by atoms with Crippen LogP contribution in [0.25, 0.3) is 0 Å². The molecule has 0 radical (unpaired) electrons. The molecule has 1 spiro atoms. The molecule has 1 aliphatic carbocycles. The lowest BCUT2D eigenvalue weighted by Gasteiger charge is -2.57. The highest BCUT2D eigenvalue weighted by Gasteiger charge is 2.70. The molecule has 1 N–H and O–H groups in total. The Balaban J connectivity index is 1.85. The van der Waals surface area contributed by atoms with Crippen molar-refractivity contribution >= 4 is 0 Å². The van der Waals surface area contributed by atoms with E-state index in [4.69, 9.17) is 19.2 Å². The predicted molar refractivity (Wildman–Crippen MR) is 85.5 cm³/mol. The van der Waals surface area contributed by atoms with Gasteiger partial charge in [-0.1, -0.05) is 13.8 Å². The monoisotopic (exact) mass is 377 g/mol. The van der Waals surface area contributed by atoms with Crippen molar-refractivity contribution in [2.24, 2.45) is 17.8 Å². The number of nitrogens with one attached hydrogen (secondary N) is 1. The van der Waals surface area contributed by atoms with Gasteiger partial charge in [0.2, 0.25) is 17.8 Å². The largest absolute Gasteiger partial charge is 0.456 e. The van der Waals surface area contributed by atoms with E-state index in [0.717, 1.165) is 12.8 Å². The van der Waals surface area contributed by atoms with Gasteiger partial charge in [0.15, 0.2) is 5.60 Å². The molecule has 3 saturated heterocycles. The Bertz CT molecular complexity index is 610. The Morgan fingerprint density at radius 2 is 1.96 bits per heavy atom. The summed E-state index contributed by atoms with van der Waals surface area (Å²) in [4.78, 5) is 11.5. The summed E-state index contributed by atoms with van der Waals surface area (Å²) in [5.41, 5.74) is -0.794. The summed E-state index contributed by atoms with van der Waals surface area (Å²) >= 11 is 0. The van der Waals surface area contributed by atoms with Crippen molar-refractivity contribution in [1.82, 2.24) is 5.32 Å². The third kappa shape index (κ3) is 2.60. The van der Waals surface area contributed by atoms with Crippen LogP contribution in [0, 0.1) is 17.8 Å². The van der Waals surface area contributed by atoms with E-state index in [-0.39, 0.29) is 18.0 Å². The molecular weight excluding hydrogens is 351 g/mol. The van der Waals surface area contributed by atoms with E-state index in [0.29, 0.717) is 25.3 Å². The van der Waals surface area contributed by atoms with Gasteiger partial charge in [-0.15, -0.1) is 0 Å². The molecule has 5 aliphatic rings. The van der Waals surface area contributed by atoms with Gasteiger partial charge < -0.3 is 14.8 Å². The van der Waals surface area contributed by atoms with Crippen LogP contribution in [0.1, 0.15) is 46.5 Å². The predicted octanol–water partition coefficient (Wildman–Crippen LogP) is 3.66. The molecule has 4 fully saturated rings. The normalized spacial score (nSPS) is 45.2. The Hall–Kier alpha value is -0.830. The molecule has 5 rings (SSSR count). The summed E-state index contributed by atoms with van der Waals surface area (Å²) in [6.45, 7) is 6.38. The maximum absolute atomic E-state index is 13.8. The maximum Gasteiger partial charge on any atom is 0.449 e. The molecule has 0 amide bonds. The Morgan fingerprint density at radius 1 is 1.19 bits per heavy atom. The Kier molecular flexibility index (Phi) is 4.34. The van der Waals surface area contributed by atoms with Crippen molar-refractivity contribution in [3.05, 3.63) is 11.3 Å². The van der Waals surface area contributed by atoms with Crippen molar-refractivity contribution in [2.75, 3.05) is 13.1 Å². The van der Waals surface area contributed by atoms with E-state index in [9.17, 15) is 13.2 Å². The van der Waals surface area contributed by atoms with E-state index >= 15 is 0 Å². The van der Waals surface area contributed by atoms with Crippen LogP contribution >= 0.6 is 0 Å². The highest BCUT2D eigenvalue weighted by atomic mass is 19.4. The average molecular weight is 377 g/mol. The summed E-state index contributed by atoms with van der Waals surface area (Å²) in [6, 6.07) is 0. The molecule has 0 aromatic carbocycles. The lowest BCUT2D eigenvalue weighted by Crippen LogP contribution is -2.67. The smallest absolute Gasteiger partial charge is 0.449 e. The molecule has 8 heteroatoms. The second-order valence-corrected chi connectivity index (χ2v) is 8.11. The van der Waals surface area contributed by atoms with Crippen LogP contribution < -0.4 is 5.32 Å². The van der Waals surface area contributed by atoms with Crippen LogP contribution in [0.2, 0.25) is 0 Å². The molecule has 1 saturated carbocycles. The molecule has 2 bridgehead atoms. The number of fused-ring (bicyclic) bond motifs is 2. The van der Waals surface area contributed by atoms with E-state index < -0.39 is 35.5 Å². The number of likely N-dealkylation sites (N-methyl/N-ethyl adjacent to an activating group) is 1. The highest BCUT2D eigenvalue weighted by molar-refractivity contribution is 5.29. The first kappa shape index (κ1) is 18.5. The zero-order valence-electron chi connectivity index (χ0n) is 15.3. The average Bonchev–Trinajstić information content (AvgIpc) is 2.80. The van der Waals surface area contributed by atoms with Gasteiger partial charge in [-0.2, -0.15) is 13.2 Å². The van der Waals surface area contributed by atoms with Gasteiger partial charge in [0.1, 0.15) is 0 Å². The van der Waals surface area contributed by atoms with Crippen molar-refractivity contribution in [3.8, 4) is 0 Å². The summed E-state index contributed by atoms with van der Waals surface area (Å²) in [5, 5.41) is 3.03. The fourth-order valence-electron chi connectivity index (χ4n) is 5.20. The Morgan fingerprint density at radius 3 is 2.65 bits per heavy atom. The number of hydrogen-bond donors (Lipinski definition) is 1. The first-order valence-corrected chi connectivity index (χ1v) is 9.43. The fraction of sp³-hybridized carbons (Fsp3) is 0.889. The lowest BCUT2D eigenvalue weighted by atomic mass is 9.59. The first-order valence-electron chi connectivity index (χ1n) is 9.43. The van der Waals surface area contributed by atoms with E-state index in [1.807, 2.05) is 6.92 Å². The van der Waals surface area contributed by atoms with Crippen LogP contribution in [0.3, 0.4) is 0 Å². The number of hydrogen-bond acceptors (Lipinski definition) is 5. The second kappa shape index (κ2) is 6.09. The lowest BCUT2D eigenvalue weighted by molar-refractivity contribution is -0.557. The minimum atomic E-state index is -4.57. The van der Waals surface area contributed by atoms with Gasteiger partial charge in [-0.3, -0.25) is 0 Å². The molecular formula is C18H26F3NO4. The Labute approximate surface area is 151 Å². The quantitative estimate of drug-likeness (QED) is 0.761. The van der Waals surface area contributed by atoms with Crippen LogP contribution in [0.5, 0.6) is 0 Å². The molecule has 148 valence electrons. The number of halogens is 3. The van der Waals surface area contributed by atoms with E-state index in [1.165, 1.54) is 0 Å². The fourth-order valence-corrected chi connectivity index (χ4v) is 5.20. The highest BCUT2D eigenvalue weighted by Crippen LogP contribution is 2.61. The van der Waals surface area contributed by atoms with E-state index in [1.54, 1.807) is 6.92 Å². The van der Waals surface area contributed by atoms with Crippen molar-refractivity contribution in [3.63, 3.8) is 0 Å². The topological polar surface area (TPSA) is 49.0 Å². The number of alkyl halides is 3. The van der Waals surface area contributed by atoms with Crippen molar-refractivity contribution in [1.29, 1.82) is 0 Å². The van der Waals surface area contributed by atoms with Gasteiger partial charge in [-0.25, -0.2) is 9.78 Å². The van der Waals surface area contributed by atoms with Crippen LogP contribution in [-0.4, -0.2) is 36.9 Å². The molecule has 26 heavy (non-hydrogen) atoms. The molecule has 0 aromatic rings. The number of allylic oxidation sites excluding steroid dienone is 1. The SMILES string of the molecule is CCNCC1=C(C(F)(F)F)O[C@@H]2OC3(C)CC[C@H]4[C@H](C)CC[C@@H]1C24OO3. The third-order valence-electron chi connectivity index (χ3n) is 6.48. The van der Waals surface area contributed by atoms with Gasteiger partial charge in [0.25, 0.3) is 0 Å². The zero-order chi connectivity index (χ0) is 18.7. The van der Waals surface area contributed by atoms with Gasteiger partial charge in [0, 0.05) is 24.8 Å². The minimum Gasteiger partial charge on any atom is -0.456 e. The van der Waals surface area contributed by atoms with Crippen molar-refractivity contribution in [2.45, 2.75) is 70.3 Å². The molecule has 4 aliphatic heterocycles. The van der Waals surface area contributed by atoms with Crippen LogP contribution in [-0.2, 0) is 19.2 Å². The maximum atomic E-state index is 13.8. The van der Waals surface area contributed by atoms with Gasteiger partial charge in [0.05, 0.1) is 0 Å². The summed E-state index contributed by atoms with van der Waals surface area (Å²) in [7, 11) is 0. The summed E-state index contributed by atoms with van der Waals surface area (Å²) in [6.07, 6.45) is -2.87. The van der Waals surface area contributed by atoms with Gasteiger partial charge in [-0.05, 0) is 44.2 Å². The number of ether oxygens (including phenoxy) is 2. The standard InChI is InChI=1S/C18H26F3NO4/c1-4-22-9-11-13-6-5-10(2)12-7-8-16(3)24-15(17(12,13)26-25-16)23-14(11)18(19,20)21/h10,12-13,15,22H,4-9H2,1-3H3/t10-,12+,13+,15-,16?,17?/m1/s1.